The highest BCUT2D eigenvalue weighted by molar-refractivity contribution is 6.40. The standard InChI is InChI=1S/C6H15N.C4H6N2.C3H4N2.CH2Cl2.CH3Cl/c1-4-7(5-2)6-3;1-6-3-2-5-4-6;1-2-5-3-4-1;2-1-3;1-2/h4-6H2,1-3H3;2-4H,1H3;1-3H,(H,4,5);1H2;1H3. The van der Waals surface area contributed by atoms with E-state index in [2.05, 4.69) is 52.2 Å². The summed E-state index contributed by atoms with van der Waals surface area (Å²) in [5, 5.41) is 0.194. The SMILES string of the molecule is CCN(CC)CC.CCl.ClCCl.Cn1ccnc1.c1c[nH]cn1. The Balaban J connectivity index is -0.000000231. The molecule has 1 N–H and O–H groups in total. The summed E-state index contributed by atoms with van der Waals surface area (Å²) in [5.41, 5.74) is 0. The average molecular weight is 387 g/mol. The molecule has 0 aliphatic rings. The predicted molar refractivity (Wildman–Crippen MR) is 104 cm³/mol. The fraction of sp³-hybridized carbons (Fsp3) is 0.600. The molecule has 2 heterocycles. The first kappa shape index (κ1) is 27.1. The van der Waals surface area contributed by atoms with Gasteiger partial charge in [-0.25, -0.2) is 9.97 Å². The van der Waals surface area contributed by atoms with Gasteiger partial charge in [-0.05, 0) is 19.6 Å². The van der Waals surface area contributed by atoms with Crippen molar-refractivity contribution in [2.45, 2.75) is 20.8 Å². The Bertz CT molecular complexity index is 328. The molecule has 0 saturated carbocycles. The first-order chi connectivity index (χ1) is 11.2. The van der Waals surface area contributed by atoms with Crippen molar-refractivity contribution in [1.29, 1.82) is 0 Å². The van der Waals surface area contributed by atoms with Crippen LogP contribution in [0, 0.1) is 0 Å². The minimum atomic E-state index is 0.194. The number of hydrogen-bond donors (Lipinski definition) is 1. The van der Waals surface area contributed by atoms with Gasteiger partial charge in [0.15, 0.2) is 0 Å². The molecule has 0 amide bonds. The lowest BCUT2D eigenvalue weighted by Gasteiger charge is -2.13. The Kier molecular flexibility index (Phi) is 30.8. The first-order valence-electron chi connectivity index (χ1n) is 7.22. The van der Waals surface area contributed by atoms with E-state index < -0.39 is 0 Å². The van der Waals surface area contributed by atoms with Crippen LogP contribution < -0.4 is 0 Å². The Labute approximate surface area is 156 Å². The van der Waals surface area contributed by atoms with E-state index in [1.165, 1.54) is 26.0 Å². The minimum absolute atomic E-state index is 0.194. The lowest BCUT2D eigenvalue weighted by molar-refractivity contribution is 0.321. The predicted octanol–water partition coefficient (Wildman–Crippen LogP) is 4.45. The second-order valence-electron chi connectivity index (χ2n) is 3.71. The number of aromatic nitrogens is 4. The van der Waals surface area contributed by atoms with E-state index in [0.29, 0.717) is 0 Å². The molecule has 0 spiro atoms. The Morgan fingerprint density at radius 1 is 1.00 bits per heavy atom. The highest BCUT2D eigenvalue weighted by Crippen LogP contribution is 1.81. The molecule has 0 aliphatic heterocycles. The molecule has 23 heavy (non-hydrogen) atoms. The lowest BCUT2D eigenvalue weighted by Crippen LogP contribution is -2.21. The van der Waals surface area contributed by atoms with Crippen molar-refractivity contribution >= 4 is 34.8 Å². The quantitative estimate of drug-likeness (QED) is 0.793. The van der Waals surface area contributed by atoms with Gasteiger partial charge in [0.25, 0.3) is 0 Å². The summed E-state index contributed by atoms with van der Waals surface area (Å²) in [4.78, 5) is 12.6. The number of alkyl halides is 3. The number of imidazole rings is 2. The number of aryl methyl sites for hydroxylation is 1. The van der Waals surface area contributed by atoms with Crippen LogP contribution in [0.25, 0.3) is 0 Å². The number of H-pyrrole nitrogens is 1. The number of nitrogens with zero attached hydrogens (tertiary/aromatic N) is 4. The van der Waals surface area contributed by atoms with Crippen LogP contribution in [0.5, 0.6) is 0 Å². The Morgan fingerprint density at radius 2 is 1.52 bits per heavy atom. The second-order valence-corrected chi connectivity index (χ2v) is 4.52. The maximum atomic E-state index is 4.76. The molecule has 2 aromatic heterocycles. The van der Waals surface area contributed by atoms with Gasteiger partial charge in [0, 0.05) is 38.2 Å². The van der Waals surface area contributed by atoms with E-state index in [4.69, 9.17) is 23.2 Å². The Morgan fingerprint density at radius 3 is 1.61 bits per heavy atom. The zero-order valence-electron chi connectivity index (χ0n) is 14.7. The summed E-state index contributed by atoms with van der Waals surface area (Å²) in [6, 6.07) is 0. The normalized spacial score (nSPS) is 8.22. The summed E-state index contributed by atoms with van der Waals surface area (Å²) >= 11 is 14.2. The van der Waals surface area contributed by atoms with Gasteiger partial charge in [0.05, 0.1) is 18.0 Å². The monoisotopic (exact) mass is 385 g/mol. The molecular weight excluding hydrogens is 357 g/mol. The summed E-state index contributed by atoms with van der Waals surface area (Å²) < 4.78 is 1.89. The van der Waals surface area contributed by atoms with Gasteiger partial charge in [0.1, 0.15) is 0 Å². The number of rotatable bonds is 3. The van der Waals surface area contributed by atoms with Crippen molar-refractivity contribution in [1.82, 2.24) is 24.4 Å². The fourth-order valence-electron chi connectivity index (χ4n) is 1.21. The third kappa shape index (κ3) is 26.5. The molecule has 2 rings (SSSR count). The van der Waals surface area contributed by atoms with Crippen LogP contribution in [-0.2, 0) is 7.05 Å². The third-order valence-corrected chi connectivity index (χ3v) is 2.38. The molecule has 0 fully saturated rings. The highest BCUT2D eigenvalue weighted by atomic mass is 35.5. The van der Waals surface area contributed by atoms with Gasteiger partial charge in [-0.1, -0.05) is 20.8 Å². The van der Waals surface area contributed by atoms with E-state index in [0.717, 1.165) is 0 Å². The smallest absolute Gasteiger partial charge is 0.0967 e. The summed E-state index contributed by atoms with van der Waals surface area (Å²) in [5.74, 6) is 0. The van der Waals surface area contributed by atoms with Gasteiger partial charge >= 0.3 is 0 Å². The molecule has 0 bridgehead atoms. The van der Waals surface area contributed by atoms with Gasteiger partial charge in [0.2, 0.25) is 0 Å². The van der Waals surface area contributed by atoms with Crippen molar-refractivity contribution in [3.63, 3.8) is 0 Å². The van der Waals surface area contributed by atoms with E-state index >= 15 is 0 Å². The largest absolute Gasteiger partial charge is 0.351 e. The molecule has 5 nitrogen and oxygen atoms in total. The summed E-state index contributed by atoms with van der Waals surface area (Å²) in [6.45, 7) is 10.1. The van der Waals surface area contributed by atoms with Crippen molar-refractivity contribution < 1.29 is 0 Å². The van der Waals surface area contributed by atoms with Crippen molar-refractivity contribution in [3.8, 4) is 0 Å². The van der Waals surface area contributed by atoms with Gasteiger partial charge in [-0.3, -0.25) is 0 Å². The molecule has 2 aromatic rings. The number of halogens is 3. The number of nitrogens with one attached hydrogen (secondary N) is 1. The molecule has 0 aliphatic carbocycles. The van der Waals surface area contributed by atoms with E-state index in [1.54, 1.807) is 31.2 Å². The summed E-state index contributed by atoms with van der Waals surface area (Å²) in [6.07, 6.45) is 11.9. The molecule has 0 unspecified atom stereocenters. The van der Waals surface area contributed by atoms with Crippen LogP contribution in [0.1, 0.15) is 20.8 Å². The first-order valence-corrected chi connectivity index (χ1v) is 9.05. The van der Waals surface area contributed by atoms with Crippen molar-refractivity contribution in [2.75, 3.05) is 31.4 Å². The van der Waals surface area contributed by atoms with Crippen molar-refractivity contribution in [3.05, 3.63) is 37.4 Å². The molecule has 8 heteroatoms. The van der Waals surface area contributed by atoms with Crippen molar-refractivity contribution in [2.24, 2.45) is 7.05 Å². The molecular formula is C15H30Cl3N5. The van der Waals surface area contributed by atoms with Crippen LogP contribution >= 0.6 is 34.8 Å². The van der Waals surface area contributed by atoms with Gasteiger partial charge in [-0.2, -0.15) is 0 Å². The van der Waals surface area contributed by atoms with Crippen LogP contribution in [0.4, 0.5) is 0 Å². The second kappa shape index (κ2) is 26.2. The minimum Gasteiger partial charge on any atom is -0.351 e. The van der Waals surface area contributed by atoms with E-state index in [1.807, 2.05) is 17.8 Å². The maximum absolute atomic E-state index is 4.76. The van der Waals surface area contributed by atoms with Crippen LogP contribution in [0.15, 0.2) is 37.4 Å². The molecule has 136 valence electrons. The number of hydrogen-bond acceptors (Lipinski definition) is 3. The van der Waals surface area contributed by atoms with Crippen LogP contribution in [0.3, 0.4) is 0 Å². The molecule has 0 radical (unpaired) electrons. The molecule has 0 aromatic carbocycles. The van der Waals surface area contributed by atoms with Crippen LogP contribution in [0.2, 0.25) is 0 Å². The summed E-state index contributed by atoms with van der Waals surface area (Å²) in [7, 11) is 1.94. The third-order valence-electron chi connectivity index (χ3n) is 2.38. The van der Waals surface area contributed by atoms with E-state index in [9.17, 15) is 0 Å². The van der Waals surface area contributed by atoms with E-state index in [-0.39, 0.29) is 5.34 Å². The maximum Gasteiger partial charge on any atom is 0.0967 e. The fourth-order valence-corrected chi connectivity index (χ4v) is 1.21. The zero-order valence-corrected chi connectivity index (χ0v) is 17.0. The zero-order chi connectivity index (χ0) is 18.3. The van der Waals surface area contributed by atoms with Crippen LogP contribution in [-0.4, -0.2) is 55.8 Å². The molecule has 0 saturated heterocycles. The lowest BCUT2D eigenvalue weighted by atomic mass is 10.5. The number of aromatic amines is 1. The molecule has 0 atom stereocenters. The topological polar surface area (TPSA) is 49.7 Å². The highest BCUT2D eigenvalue weighted by Gasteiger charge is 1.89. The van der Waals surface area contributed by atoms with Gasteiger partial charge in [-0.15, -0.1) is 34.8 Å². The van der Waals surface area contributed by atoms with Gasteiger partial charge < -0.3 is 14.5 Å². The average Bonchev–Trinajstić information content (AvgIpc) is 3.29. The Hall–Kier alpha value is -0.750.